The molecule has 0 bridgehead atoms. The van der Waals surface area contributed by atoms with Crippen molar-refractivity contribution in [3.8, 4) is 5.75 Å². The Morgan fingerprint density at radius 1 is 1.28 bits per heavy atom. The van der Waals surface area contributed by atoms with Gasteiger partial charge < -0.3 is 10.5 Å². The Hall–Kier alpha value is -1.41. The van der Waals surface area contributed by atoms with Crippen LogP contribution in [0.2, 0.25) is 0 Å². The summed E-state index contributed by atoms with van der Waals surface area (Å²) in [7, 11) is 0. The molecule has 18 heavy (non-hydrogen) atoms. The van der Waals surface area contributed by atoms with E-state index < -0.39 is 25.4 Å². The molecule has 2 N–H and O–H groups in total. The van der Waals surface area contributed by atoms with E-state index >= 15 is 0 Å². The largest absolute Gasteiger partial charge is 0.522 e. The molecule has 3 nitrogen and oxygen atoms in total. The lowest BCUT2D eigenvalue weighted by atomic mass is 10.2. The number of rotatable bonds is 5. The van der Waals surface area contributed by atoms with Gasteiger partial charge in [-0.15, -0.1) is 13.2 Å². The van der Waals surface area contributed by atoms with Crippen molar-refractivity contribution in [3.05, 3.63) is 29.6 Å². The van der Waals surface area contributed by atoms with Gasteiger partial charge in [0, 0.05) is 5.56 Å². The number of hydrogen-bond acceptors (Lipinski definition) is 3. The van der Waals surface area contributed by atoms with Gasteiger partial charge in [-0.2, -0.15) is 0 Å². The lowest BCUT2D eigenvalue weighted by molar-refractivity contribution is -0.325. The van der Waals surface area contributed by atoms with Gasteiger partial charge in [-0.3, -0.25) is 4.74 Å². The van der Waals surface area contributed by atoms with Crippen LogP contribution < -0.4 is 10.5 Å². The molecule has 0 unspecified atom stereocenters. The Bertz CT molecular complexity index is 436. The van der Waals surface area contributed by atoms with Crippen LogP contribution in [0.25, 0.3) is 0 Å². The van der Waals surface area contributed by atoms with Crippen LogP contribution in [0.15, 0.2) is 18.2 Å². The van der Waals surface area contributed by atoms with E-state index in [4.69, 9.17) is 10.5 Å². The first-order valence-corrected chi connectivity index (χ1v) is 5.13. The van der Waals surface area contributed by atoms with E-state index in [-0.39, 0.29) is 10.7 Å². The quantitative estimate of drug-likeness (QED) is 0.512. The van der Waals surface area contributed by atoms with Crippen LogP contribution in [0.4, 0.5) is 17.6 Å². The van der Waals surface area contributed by atoms with Crippen LogP contribution >= 0.6 is 12.2 Å². The van der Waals surface area contributed by atoms with E-state index in [0.717, 1.165) is 6.07 Å². The molecule has 100 valence electrons. The molecule has 0 heterocycles. The Morgan fingerprint density at radius 3 is 2.44 bits per heavy atom. The van der Waals surface area contributed by atoms with Crippen molar-refractivity contribution >= 4 is 17.2 Å². The summed E-state index contributed by atoms with van der Waals surface area (Å²) in [5.74, 6) is -0.951. The maximum atomic E-state index is 13.4. The van der Waals surface area contributed by atoms with Crippen molar-refractivity contribution in [2.45, 2.75) is 6.36 Å². The lowest BCUT2D eigenvalue weighted by Gasteiger charge is -2.10. The highest BCUT2D eigenvalue weighted by Crippen LogP contribution is 2.19. The van der Waals surface area contributed by atoms with Gasteiger partial charge in [-0.25, -0.2) is 4.39 Å². The zero-order valence-corrected chi connectivity index (χ0v) is 9.78. The first-order chi connectivity index (χ1) is 8.29. The molecule has 0 aliphatic carbocycles. The molecule has 0 saturated carbocycles. The predicted molar refractivity (Wildman–Crippen MR) is 59.8 cm³/mol. The second kappa shape index (κ2) is 5.96. The molecule has 0 fully saturated rings. The smallest absolute Gasteiger partial charge is 0.488 e. The second-order valence-electron chi connectivity index (χ2n) is 3.15. The number of nitrogens with two attached hydrogens (primary N) is 1. The Labute approximate surface area is 105 Å². The number of benzene rings is 1. The summed E-state index contributed by atoms with van der Waals surface area (Å²) >= 11 is 4.64. The fourth-order valence-corrected chi connectivity index (χ4v) is 1.21. The summed E-state index contributed by atoms with van der Waals surface area (Å²) in [5.41, 5.74) is 5.59. The van der Waals surface area contributed by atoms with Gasteiger partial charge in [0.1, 0.15) is 11.6 Å². The molecule has 0 amide bonds. The summed E-state index contributed by atoms with van der Waals surface area (Å²) in [6.45, 7) is -1.15. The molecule has 0 aliphatic heterocycles. The van der Waals surface area contributed by atoms with Crippen LogP contribution in [0.3, 0.4) is 0 Å². The maximum Gasteiger partial charge on any atom is 0.522 e. The minimum atomic E-state index is -4.72. The van der Waals surface area contributed by atoms with Crippen LogP contribution in [0.1, 0.15) is 5.56 Å². The number of ether oxygens (including phenoxy) is 2. The molecular formula is C10H9F4NO2S. The van der Waals surface area contributed by atoms with E-state index in [9.17, 15) is 17.6 Å². The molecule has 0 aliphatic rings. The highest BCUT2D eigenvalue weighted by Gasteiger charge is 2.28. The Morgan fingerprint density at radius 2 is 1.94 bits per heavy atom. The Kier molecular flexibility index (Phi) is 4.85. The SMILES string of the molecule is NC(=S)c1ccc(OCCOC(F)(F)F)c(F)c1. The average Bonchev–Trinajstić information content (AvgIpc) is 2.24. The molecule has 0 aromatic heterocycles. The van der Waals surface area contributed by atoms with Crippen LogP contribution in [0, 0.1) is 5.82 Å². The molecule has 0 saturated heterocycles. The molecular weight excluding hydrogens is 274 g/mol. The van der Waals surface area contributed by atoms with Crippen molar-refractivity contribution in [2.24, 2.45) is 5.73 Å². The van der Waals surface area contributed by atoms with Gasteiger partial charge in [0.2, 0.25) is 0 Å². The molecule has 1 rings (SSSR count). The lowest BCUT2D eigenvalue weighted by Crippen LogP contribution is -2.18. The van der Waals surface area contributed by atoms with Gasteiger partial charge in [0.05, 0.1) is 6.61 Å². The topological polar surface area (TPSA) is 44.5 Å². The zero-order valence-electron chi connectivity index (χ0n) is 8.96. The van der Waals surface area contributed by atoms with E-state index in [1.54, 1.807) is 0 Å². The molecule has 1 aromatic carbocycles. The standard InChI is InChI=1S/C10H9F4NO2S/c11-7-5-6(9(15)18)1-2-8(7)16-3-4-17-10(12,13)14/h1-2,5H,3-4H2,(H2,15,18). The maximum absolute atomic E-state index is 13.4. The van der Waals surface area contributed by atoms with Crippen molar-refractivity contribution in [2.75, 3.05) is 13.2 Å². The molecule has 0 spiro atoms. The molecule has 0 radical (unpaired) electrons. The minimum Gasteiger partial charge on any atom is -0.488 e. The average molecular weight is 283 g/mol. The summed E-state index contributed by atoms with van der Waals surface area (Å²) in [6, 6.07) is 3.69. The van der Waals surface area contributed by atoms with Crippen LogP contribution in [-0.2, 0) is 4.74 Å². The molecule has 8 heteroatoms. The molecule has 0 atom stereocenters. The van der Waals surface area contributed by atoms with Gasteiger partial charge >= 0.3 is 6.36 Å². The normalized spacial score (nSPS) is 11.3. The summed E-state index contributed by atoms with van der Waals surface area (Å²) in [4.78, 5) is 0.0147. The van der Waals surface area contributed by atoms with Crippen molar-refractivity contribution in [3.63, 3.8) is 0 Å². The third-order valence-corrected chi connectivity index (χ3v) is 2.06. The van der Waals surface area contributed by atoms with Crippen LogP contribution in [-0.4, -0.2) is 24.6 Å². The predicted octanol–water partition coefficient (Wildman–Crippen LogP) is 2.38. The number of hydrogen-bond donors (Lipinski definition) is 1. The van der Waals surface area contributed by atoms with E-state index in [1.165, 1.54) is 12.1 Å². The third-order valence-electron chi connectivity index (χ3n) is 1.82. The van der Waals surface area contributed by atoms with Crippen molar-refractivity contribution in [1.82, 2.24) is 0 Å². The second-order valence-corrected chi connectivity index (χ2v) is 3.59. The van der Waals surface area contributed by atoms with Gasteiger partial charge in [0.25, 0.3) is 0 Å². The number of halogens is 4. The first kappa shape index (κ1) is 14.7. The summed E-state index contributed by atoms with van der Waals surface area (Å²) < 4.78 is 56.5. The van der Waals surface area contributed by atoms with Gasteiger partial charge in [-0.1, -0.05) is 12.2 Å². The Balaban J connectivity index is 2.51. The fourth-order valence-electron chi connectivity index (χ4n) is 1.08. The summed E-state index contributed by atoms with van der Waals surface area (Å²) in [5, 5.41) is 0. The summed E-state index contributed by atoms with van der Waals surface area (Å²) in [6.07, 6.45) is -4.72. The molecule has 1 aromatic rings. The third kappa shape index (κ3) is 4.84. The first-order valence-electron chi connectivity index (χ1n) is 4.72. The van der Waals surface area contributed by atoms with Gasteiger partial charge in [0.15, 0.2) is 11.6 Å². The van der Waals surface area contributed by atoms with Gasteiger partial charge in [-0.05, 0) is 18.2 Å². The highest BCUT2D eigenvalue weighted by atomic mass is 32.1. The number of alkyl halides is 3. The number of thiocarbonyl (C=S) groups is 1. The van der Waals surface area contributed by atoms with Crippen molar-refractivity contribution in [1.29, 1.82) is 0 Å². The monoisotopic (exact) mass is 283 g/mol. The van der Waals surface area contributed by atoms with E-state index in [2.05, 4.69) is 17.0 Å². The minimum absolute atomic E-state index is 0.0147. The van der Waals surface area contributed by atoms with Crippen LogP contribution in [0.5, 0.6) is 5.75 Å². The zero-order chi connectivity index (χ0) is 13.8. The van der Waals surface area contributed by atoms with E-state index in [0.29, 0.717) is 5.56 Å². The highest BCUT2D eigenvalue weighted by molar-refractivity contribution is 7.80. The fraction of sp³-hybridized carbons (Fsp3) is 0.300. The van der Waals surface area contributed by atoms with E-state index in [1.807, 2.05) is 0 Å². The van der Waals surface area contributed by atoms with Crippen molar-refractivity contribution < 1.29 is 27.0 Å².